The van der Waals surface area contributed by atoms with E-state index in [0.717, 1.165) is 5.56 Å². The molecule has 5 heteroatoms. The van der Waals surface area contributed by atoms with Crippen molar-refractivity contribution in [1.82, 2.24) is 5.32 Å². The van der Waals surface area contributed by atoms with Crippen LogP contribution >= 0.6 is 0 Å². The van der Waals surface area contributed by atoms with Gasteiger partial charge in [-0.15, -0.1) is 0 Å². The lowest BCUT2D eigenvalue weighted by molar-refractivity contribution is -0.144. The number of hydrogen-bond donors (Lipinski definition) is 2. The van der Waals surface area contributed by atoms with Gasteiger partial charge in [0.1, 0.15) is 12.0 Å². The van der Waals surface area contributed by atoms with E-state index in [-0.39, 0.29) is 19.1 Å². The summed E-state index contributed by atoms with van der Waals surface area (Å²) < 4.78 is 5.39. The van der Waals surface area contributed by atoms with E-state index in [1.165, 1.54) is 0 Å². The summed E-state index contributed by atoms with van der Waals surface area (Å²) in [6.45, 7) is 2.06. The number of carbonyl (C=O) groups is 2. The maximum atomic E-state index is 12.0. The first kappa shape index (κ1) is 18.7. The Morgan fingerprint density at radius 3 is 2.20 bits per heavy atom. The van der Waals surface area contributed by atoms with E-state index in [0.29, 0.717) is 18.6 Å². The topological polar surface area (TPSA) is 75.6 Å². The molecule has 2 rings (SSSR count). The quantitative estimate of drug-likeness (QED) is 0.735. The van der Waals surface area contributed by atoms with Crippen LogP contribution in [0.15, 0.2) is 60.7 Å². The van der Waals surface area contributed by atoms with Crippen LogP contribution in [0.2, 0.25) is 0 Å². The molecule has 2 aromatic rings. The highest BCUT2D eigenvalue weighted by Crippen LogP contribution is 2.27. The zero-order valence-electron chi connectivity index (χ0n) is 14.3. The fraction of sp³-hybridized carbons (Fsp3) is 0.300. The van der Waals surface area contributed by atoms with Crippen LogP contribution in [0.25, 0.3) is 0 Å². The number of ether oxygens (including phenoxy) is 1. The number of carboxylic acid groups (broad SMARTS) is 1. The molecule has 2 N–H and O–H groups in total. The minimum absolute atomic E-state index is 0.0242. The lowest BCUT2D eigenvalue weighted by Gasteiger charge is -2.29. The summed E-state index contributed by atoms with van der Waals surface area (Å²) in [5.41, 5.74) is 0.514. The van der Waals surface area contributed by atoms with Gasteiger partial charge in [0.15, 0.2) is 0 Å². The molecule has 0 aliphatic rings. The van der Waals surface area contributed by atoms with Crippen molar-refractivity contribution >= 4 is 11.9 Å². The average Bonchev–Trinajstić information content (AvgIpc) is 2.64. The Morgan fingerprint density at radius 2 is 1.64 bits per heavy atom. The van der Waals surface area contributed by atoms with Crippen molar-refractivity contribution in [3.8, 4) is 0 Å². The molecule has 0 aromatic heterocycles. The van der Waals surface area contributed by atoms with Gasteiger partial charge in [0.25, 0.3) is 0 Å². The zero-order chi connectivity index (χ0) is 18.1. The molecule has 0 bridgehead atoms. The molecule has 0 fully saturated rings. The van der Waals surface area contributed by atoms with E-state index in [1.807, 2.05) is 36.4 Å². The summed E-state index contributed by atoms with van der Waals surface area (Å²) in [4.78, 5) is 23.9. The molecule has 1 unspecified atom stereocenters. The first-order valence-corrected chi connectivity index (χ1v) is 8.26. The van der Waals surface area contributed by atoms with Gasteiger partial charge in [-0.2, -0.15) is 0 Å². The van der Waals surface area contributed by atoms with E-state index in [4.69, 9.17) is 4.74 Å². The van der Waals surface area contributed by atoms with Gasteiger partial charge in [-0.1, -0.05) is 67.6 Å². The van der Waals surface area contributed by atoms with Crippen LogP contribution in [0.3, 0.4) is 0 Å². The molecule has 0 saturated heterocycles. The summed E-state index contributed by atoms with van der Waals surface area (Å²) in [5.74, 6) is -1.28. The Bertz CT molecular complexity index is 687. The van der Waals surface area contributed by atoms with Gasteiger partial charge in [-0.25, -0.2) is 0 Å². The van der Waals surface area contributed by atoms with Crippen LogP contribution in [0.1, 0.15) is 24.5 Å². The van der Waals surface area contributed by atoms with E-state index in [9.17, 15) is 14.7 Å². The van der Waals surface area contributed by atoms with Gasteiger partial charge in [0, 0.05) is 6.54 Å². The molecule has 0 aliphatic carbocycles. The van der Waals surface area contributed by atoms with Gasteiger partial charge in [-0.3, -0.25) is 9.59 Å². The molecule has 2 aromatic carbocycles. The number of rotatable bonds is 9. The minimum Gasteiger partial charge on any atom is -0.481 e. The number of benzene rings is 2. The third kappa shape index (κ3) is 4.90. The lowest BCUT2D eigenvalue weighted by atomic mass is 9.78. The van der Waals surface area contributed by atoms with Gasteiger partial charge in [0.05, 0.1) is 6.61 Å². The Morgan fingerprint density at radius 1 is 1.04 bits per heavy atom. The van der Waals surface area contributed by atoms with Gasteiger partial charge < -0.3 is 15.2 Å². The van der Waals surface area contributed by atoms with Gasteiger partial charge in [-0.05, 0) is 17.5 Å². The second-order valence-electron chi connectivity index (χ2n) is 5.86. The monoisotopic (exact) mass is 341 g/mol. The van der Waals surface area contributed by atoms with Gasteiger partial charge >= 0.3 is 5.97 Å². The maximum absolute atomic E-state index is 12.0. The Balaban J connectivity index is 1.92. The number of carboxylic acids is 1. The van der Waals surface area contributed by atoms with Crippen molar-refractivity contribution in [3.05, 3.63) is 71.8 Å². The van der Waals surface area contributed by atoms with Crippen LogP contribution in [0.4, 0.5) is 0 Å². The van der Waals surface area contributed by atoms with Crippen LogP contribution < -0.4 is 5.32 Å². The molecule has 132 valence electrons. The SMILES string of the molecule is CCC(CNC(=O)COCc1ccccc1)(C(=O)O)c1ccccc1. The van der Waals surface area contributed by atoms with Crippen LogP contribution in [-0.4, -0.2) is 30.1 Å². The Kier molecular flexibility index (Phi) is 6.71. The lowest BCUT2D eigenvalue weighted by Crippen LogP contribution is -2.47. The van der Waals surface area contributed by atoms with Crippen LogP contribution in [0, 0.1) is 0 Å². The summed E-state index contributed by atoms with van der Waals surface area (Å²) >= 11 is 0. The third-order valence-electron chi connectivity index (χ3n) is 4.27. The summed E-state index contributed by atoms with van der Waals surface area (Å²) in [7, 11) is 0. The zero-order valence-corrected chi connectivity index (χ0v) is 14.3. The van der Waals surface area contributed by atoms with E-state index in [1.54, 1.807) is 31.2 Å². The number of nitrogens with one attached hydrogen (secondary N) is 1. The standard InChI is InChI=1S/C20H23NO4/c1-2-20(19(23)24,17-11-7-4-8-12-17)15-21-18(22)14-25-13-16-9-5-3-6-10-16/h3-12H,2,13-15H2,1H3,(H,21,22)(H,23,24). The second-order valence-corrected chi connectivity index (χ2v) is 5.86. The molecular weight excluding hydrogens is 318 g/mol. The first-order valence-electron chi connectivity index (χ1n) is 8.26. The smallest absolute Gasteiger partial charge is 0.315 e. The molecular formula is C20H23NO4. The normalized spacial score (nSPS) is 13.0. The van der Waals surface area contributed by atoms with Crippen molar-refractivity contribution < 1.29 is 19.4 Å². The number of aliphatic carboxylic acids is 1. The fourth-order valence-electron chi connectivity index (χ4n) is 2.68. The molecule has 1 atom stereocenters. The summed E-state index contributed by atoms with van der Waals surface area (Å²) in [6, 6.07) is 18.5. The molecule has 0 aliphatic heterocycles. The van der Waals surface area contributed by atoms with Crippen molar-refractivity contribution in [2.24, 2.45) is 0 Å². The predicted octanol–water partition coefficient (Wildman–Crippen LogP) is 2.75. The minimum atomic E-state index is -1.14. The molecule has 1 amide bonds. The van der Waals surface area contributed by atoms with E-state index >= 15 is 0 Å². The third-order valence-corrected chi connectivity index (χ3v) is 4.27. The largest absolute Gasteiger partial charge is 0.481 e. The number of carbonyl (C=O) groups excluding carboxylic acids is 1. The predicted molar refractivity (Wildman–Crippen MR) is 95.2 cm³/mol. The van der Waals surface area contributed by atoms with E-state index in [2.05, 4.69) is 5.32 Å². The van der Waals surface area contributed by atoms with Crippen LogP contribution in [0.5, 0.6) is 0 Å². The molecule has 0 saturated carbocycles. The molecule has 25 heavy (non-hydrogen) atoms. The second kappa shape index (κ2) is 8.99. The van der Waals surface area contributed by atoms with Crippen LogP contribution in [-0.2, 0) is 26.3 Å². The fourth-order valence-corrected chi connectivity index (χ4v) is 2.68. The van der Waals surface area contributed by atoms with E-state index < -0.39 is 11.4 Å². The maximum Gasteiger partial charge on any atom is 0.315 e. The van der Waals surface area contributed by atoms with Crippen molar-refractivity contribution in [2.45, 2.75) is 25.4 Å². The van der Waals surface area contributed by atoms with Crippen molar-refractivity contribution in [1.29, 1.82) is 0 Å². The highest BCUT2D eigenvalue weighted by atomic mass is 16.5. The summed E-state index contributed by atoms with van der Waals surface area (Å²) in [5, 5.41) is 12.4. The Hall–Kier alpha value is -2.66. The Labute approximate surface area is 147 Å². The average molecular weight is 341 g/mol. The highest BCUT2D eigenvalue weighted by Gasteiger charge is 2.38. The molecule has 0 spiro atoms. The first-order chi connectivity index (χ1) is 12.1. The number of hydrogen-bond acceptors (Lipinski definition) is 3. The molecule has 0 heterocycles. The van der Waals surface area contributed by atoms with Crippen molar-refractivity contribution in [2.75, 3.05) is 13.2 Å². The summed E-state index contributed by atoms with van der Waals surface area (Å²) in [6.07, 6.45) is 0.373. The molecule has 0 radical (unpaired) electrons. The highest BCUT2D eigenvalue weighted by molar-refractivity contribution is 5.84. The van der Waals surface area contributed by atoms with Crippen molar-refractivity contribution in [3.63, 3.8) is 0 Å². The number of amides is 1. The molecule has 5 nitrogen and oxygen atoms in total. The van der Waals surface area contributed by atoms with Gasteiger partial charge in [0.2, 0.25) is 5.91 Å².